The van der Waals surface area contributed by atoms with Gasteiger partial charge >= 0.3 is 11.6 Å². The lowest BCUT2D eigenvalue weighted by Crippen LogP contribution is -2.14. The Hall–Kier alpha value is -1.73. The number of alkyl halides is 2. The third-order valence-electron chi connectivity index (χ3n) is 2.46. The van der Waals surface area contributed by atoms with Crippen LogP contribution in [0.1, 0.15) is 25.8 Å². The van der Waals surface area contributed by atoms with Crippen LogP contribution in [0.4, 0.5) is 14.5 Å². The zero-order chi connectivity index (χ0) is 12.6. The summed E-state index contributed by atoms with van der Waals surface area (Å²) in [6.45, 7) is 1.24. The second-order valence-corrected chi connectivity index (χ2v) is 3.95. The van der Waals surface area contributed by atoms with Crippen LogP contribution in [0.15, 0.2) is 6.20 Å². The van der Waals surface area contributed by atoms with Gasteiger partial charge in [-0.05, 0) is 19.8 Å². The van der Waals surface area contributed by atoms with Gasteiger partial charge in [0.25, 0.3) is 6.43 Å². The third kappa shape index (κ3) is 2.51. The van der Waals surface area contributed by atoms with Gasteiger partial charge in [0.05, 0.1) is 4.92 Å². The number of nitrogens with zero attached hydrogens (tertiary/aromatic N) is 3. The minimum atomic E-state index is -2.64. The molecule has 0 amide bonds. The molecule has 0 bridgehead atoms. The minimum Gasteiger partial charge on any atom is -0.468 e. The van der Waals surface area contributed by atoms with Gasteiger partial charge in [0, 0.05) is 0 Å². The first kappa shape index (κ1) is 11.7. The summed E-state index contributed by atoms with van der Waals surface area (Å²) in [6, 6.07) is -1.22. The topological polar surface area (TPSA) is 70.2 Å². The summed E-state index contributed by atoms with van der Waals surface area (Å²) >= 11 is 0. The van der Waals surface area contributed by atoms with Gasteiger partial charge in [-0.15, -0.1) is 5.10 Å². The molecule has 0 N–H and O–H groups in total. The van der Waals surface area contributed by atoms with Gasteiger partial charge in [-0.25, -0.2) is 8.78 Å². The van der Waals surface area contributed by atoms with E-state index in [1.54, 1.807) is 0 Å². The molecule has 8 heteroatoms. The van der Waals surface area contributed by atoms with Gasteiger partial charge in [0.2, 0.25) is 0 Å². The average molecular weight is 247 g/mol. The number of rotatable bonds is 5. The van der Waals surface area contributed by atoms with Crippen molar-refractivity contribution in [1.82, 2.24) is 9.78 Å². The molecule has 17 heavy (non-hydrogen) atoms. The molecule has 1 aromatic heterocycles. The lowest BCUT2D eigenvalue weighted by molar-refractivity contribution is -0.386. The summed E-state index contributed by atoms with van der Waals surface area (Å²) in [6.07, 6.45) is -0.0978. The fraction of sp³-hybridized carbons (Fsp3) is 0.667. The van der Waals surface area contributed by atoms with Crippen molar-refractivity contribution < 1.29 is 18.4 Å². The van der Waals surface area contributed by atoms with Crippen molar-refractivity contribution in [1.29, 1.82) is 0 Å². The van der Waals surface area contributed by atoms with E-state index < -0.39 is 17.4 Å². The smallest absolute Gasteiger partial charge is 0.350 e. The molecule has 1 aliphatic rings. The van der Waals surface area contributed by atoms with E-state index in [1.165, 1.54) is 6.92 Å². The van der Waals surface area contributed by atoms with Crippen LogP contribution < -0.4 is 4.74 Å². The lowest BCUT2D eigenvalue weighted by Gasteiger charge is -2.09. The van der Waals surface area contributed by atoms with Crippen LogP contribution in [0, 0.1) is 10.1 Å². The zero-order valence-corrected chi connectivity index (χ0v) is 9.05. The molecule has 0 aromatic carbocycles. The average Bonchev–Trinajstić information content (AvgIpc) is 2.94. The van der Waals surface area contributed by atoms with Crippen molar-refractivity contribution in [3.8, 4) is 5.88 Å². The minimum absolute atomic E-state index is 0.0705. The summed E-state index contributed by atoms with van der Waals surface area (Å²) in [5.74, 6) is -0.176. The Morgan fingerprint density at radius 3 is 2.76 bits per heavy atom. The summed E-state index contributed by atoms with van der Waals surface area (Å²) in [5, 5.41) is 14.4. The zero-order valence-electron chi connectivity index (χ0n) is 9.05. The van der Waals surface area contributed by atoms with Crippen molar-refractivity contribution >= 4 is 5.69 Å². The lowest BCUT2D eigenvalue weighted by atomic mass is 10.4. The van der Waals surface area contributed by atoms with E-state index in [9.17, 15) is 18.9 Å². The van der Waals surface area contributed by atoms with Crippen LogP contribution in [0.2, 0.25) is 0 Å². The van der Waals surface area contributed by atoms with Crippen LogP contribution in [0.5, 0.6) is 5.88 Å². The quantitative estimate of drug-likeness (QED) is 0.590. The predicted octanol–water partition coefficient (Wildman–Crippen LogP) is 2.16. The van der Waals surface area contributed by atoms with Gasteiger partial charge in [-0.3, -0.25) is 14.8 Å². The van der Waals surface area contributed by atoms with Gasteiger partial charge in [0.1, 0.15) is 18.3 Å². The van der Waals surface area contributed by atoms with Crippen LogP contribution in [0.3, 0.4) is 0 Å². The molecule has 0 spiro atoms. The monoisotopic (exact) mass is 247 g/mol. The highest BCUT2D eigenvalue weighted by atomic mass is 19.3. The SMILES string of the molecule is C[C@H](C(F)F)n1cc([N+](=O)[O-])c(OC2CC2)n1. The van der Waals surface area contributed by atoms with E-state index >= 15 is 0 Å². The maximum absolute atomic E-state index is 12.5. The first-order valence-electron chi connectivity index (χ1n) is 5.17. The van der Waals surface area contributed by atoms with Gasteiger partial charge < -0.3 is 4.74 Å². The normalized spacial score (nSPS) is 17.2. The first-order valence-corrected chi connectivity index (χ1v) is 5.17. The summed E-state index contributed by atoms with van der Waals surface area (Å²) < 4.78 is 31.0. The highest BCUT2D eigenvalue weighted by molar-refractivity contribution is 5.39. The van der Waals surface area contributed by atoms with Crippen molar-refractivity contribution in [2.24, 2.45) is 0 Å². The van der Waals surface area contributed by atoms with Crippen LogP contribution in [-0.4, -0.2) is 27.2 Å². The summed E-state index contributed by atoms with van der Waals surface area (Å²) in [7, 11) is 0. The number of nitro groups is 1. The molecule has 1 aromatic rings. The Morgan fingerprint density at radius 2 is 2.29 bits per heavy atom. The number of ether oxygens (including phenoxy) is 1. The van der Waals surface area contributed by atoms with Crippen LogP contribution in [0.25, 0.3) is 0 Å². The fourth-order valence-corrected chi connectivity index (χ4v) is 1.24. The van der Waals surface area contributed by atoms with Crippen molar-refractivity contribution in [3.05, 3.63) is 16.3 Å². The van der Waals surface area contributed by atoms with E-state index in [2.05, 4.69) is 5.10 Å². The molecule has 1 saturated carbocycles. The van der Waals surface area contributed by atoms with E-state index in [0.717, 1.165) is 23.7 Å². The van der Waals surface area contributed by atoms with Crippen molar-refractivity contribution in [2.45, 2.75) is 38.3 Å². The number of hydrogen-bond acceptors (Lipinski definition) is 4. The highest BCUT2D eigenvalue weighted by Crippen LogP contribution is 2.33. The maximum Gasteiger partial charge on any atom is 0.350 e. The van der Waals surface area contributed by atoms with E-state index in [1.807, 2.05) is 0 Å². The second-order valence-electron chi connectivity index (χ2n) is 3.95. The van der Waals surface area contributed by atoms with Gasteiger partial charge in [-0.2, -0.15) is 0 Å². The summed E-state index contributed by atoms with van der Waals surface area (Å²) in [5.41, 5.74) is -0.371. The molecule has 0 radical (unpaired) electrons. The number of halogens is 2. The largest absolute Gasteiger partial charge is 0.468 e. The number of aromatic nitrogens is 2. The number of hydrogen-bond donors (Lipinski definition) is 0. The molecular formula is C9H11F2N3O3. The standard InChI is InChI=1S/C9H11F2N3O3/c1-5(8(10)11)13-4-7(14(15)16)9(12-13)17-6-2-3-6/h4-6,8H,2-3H2,1H3/t5-/m1/s1. The van der Waals surface area contributed by atoms with Crippen molar-refractivity contribution in [2.75, 3.05) is 0 Å². The Morgan fingerprint density at radius 1 is 1.65 bits per heavy atom. The van der Waals surface area contributed by atoms with E-state index in [-0.39, 0.29) is 17.7 Å². The Labute approximate surface area is 95.3 Å². The molecule has 1 fully saturated rings. The Balaban J connectivity index is 2.26. The first-order chi connectivity index (χ1) is 7.99. The summed E-state index contributed by atoms with van der Waals surface area (Å²) in [4.78, 5) is 10.0. The fourth-order valence-electron chi connectivity index (χ4n) is 1.24. The molecule has 1 aliphatic carbocycles. The van der Waals surface area contributed by atoms with Crippen molar-refractivity contribution in [3.63, 3.8) is 0 Å². The van der Waals surface area contributed by atoms with Gasteiger partial charge in [0.15, 0.2) is 0 Å². The maximum atomic E-state index is 12.5. The third-order valence-corrected chi connectivity index (χ3v) is 2.46. The van der Waals surface area contributed by atoms with E-state index in [0.29, 0.717) is 0 Å². The highest BCUT2D eigenvalue weighted by Gasteiger charge is 2.31. The predicted molar refractivity (Wildman–Crippen MR) is 53.2 cm³/mol. The molecule has 0 unspecified atom stereocenters. The Kier molecular flexibility index (Phi) is 2.95. The molecule has 2 rings (SSSR count). The molecule has 0 saturated heterocycles. The van der Waals surface area contributed by atoms with E-state index in [4.69, 9.17) is 4.74 Å². The molecule has 1 atom stereocenters. The Bertz CT molecular complexity index is 431. The second kappa shape index (κ2) is 4.27. The molecule has 0 aliphatic heterocycles. The molecule has 6 nitrogen and oxygen atoms in total. The van der Waals surface area contributed by atoms with Crippen LogP contribution in [-0.2, 0) is 0 Å². The molecule has 94 valence electrons. The molecule has 1 heterocycles. The molecular weight excluding hydrogens is 236 g/mol. The van der Waals surface area contributed by atoms with Crippen LogP contribution >= 0.6 is 0 Å². The van der Waals surface area contributed by atoms with Gasteiger partial charge in [-0.1, -0.05) is 0 Å².